The van der Waals surface area contributed by atoms with Crippen molar-refractivity contribution in [2.45, 2.75) is 46.7 Å². The predicted molar refractivity (Wildman–Crippen MR) is 65.7 cm³/mol. The molecule has 0 aliphatic rings. The SMILES string of the molecule is Cc1noc(C)c1C(C)NCC(=O)NC(C)C. The van der Waals surface area contributed by atoms with Gasteiger partial charge in [-0.05, 0) is 34.6 Å². The molecule has 1 atom stereocenters. The van der Waals surface area contributed by atoms with Gasteiger partial charge in [-0.25, -0.2) is 0 Å². The van der Waals surface area contributed by atoms with Gasteiger partial charge in [0, 0.05) is 17.6 Å². The lowest BCUT2D eigenvalue weighted by atomic mass is 10.1. The van der Waals surface area contributed by atoms with Crippen LogP contribution in [0.15, 0.2) is 4.52 Å². The molecule has 0 bridgehead atoms. The Morgan fingerprint density at radius 3 is 2.47 bits per heavy atom. The molecule has 0 aromatic carbocycles. The second-order valence-electron chi connectivity index (χ2n) is 4.56. The number of nitrogens with one attached hydrogen (secondary N) is 2. The van der Waals surface area contributed by atoms with Gasteiger partial charge in [-0.15, -0.1) is 0 Å². The summed E-state index contributed by atoms with van der Waals surface area (Å²) < 4.78 is 5.10. The van der Waals surface area contributed by atoms with Crippen LogP contribution in [-0.4, -0.2) is 23.7 Å². The first-order valence-electron chi connectivity index (χ1n) is 5.87. The quantitative estimate of drug-likeness (QED) is 0.816. The number of aryl methyl sites for hydroxylation is 2. The average Bonchev–Trinajstić information content (AvgIpc) is 2.54. The Labute approximate surface area is 102 Å². The van der Waals surface area contributed by atoms with Gasteiger partial charge >= 0.3 is 0 Å². The smallest absolute Gasteiger partial charge is 0.234 e. The molecular weight excluding hydrogens is 218 g/mol. The monoisotopic (exact) mass is 239 g/mol. The first-order chi connectivity index (χ1) is 7.91. The molecule has 0 saturated carbocycles. The van der Waals surface area contributed by atoms with Crippen molar-refractivity contribution in [3.63, 3.8) is 0 Å². The molecule has 0 fully saturated rings. The van der Waals surface area contributed by atoms with E-state index in [0.717, 1.165) is 17.0 Å². The molecule has 17 heavy (non-hydrogen) atoms. The van der Waals surface area contributed by atoms with Gasteiger partial charge in [-0.3, -0.25) is 4.79 Å². The second kappa shape index (κ2) is 5.82. The van der Waals surface area contributed by atoms with Crippen molar-refractivity contribution in [3.05, 3.63) is 17.0 Å². The van der Waals surface area contributed by atoms with Crippen molar-refractivity contribution in [1.82, 2.24) is 15.8 Å². The van der Waals surface area contributed by atoms with E-state index in [1.807, 2.05) is 34.6 Å². The fourth-order valence-electron chi connectivity index (χ4n) is 1.83. The minimum absolute atomic E-state index is 0.00129. The molecule has 1 amide bonds. The van der Waals surface area contributed by atoms with Crippen LogP contribution >= 0.6 is 0 Å². The van der Waals surface area contributed by atoms with Crippen molar-refractivity contribution in [3.8, 4) is 0 Å². The minimum Gasteiger partial charge on any atom is -0.361 e. The minimum atomic E-state index is -0.00129. The van der Waals surface area contributed by atoms with Crippen molar-refractivity contribution in [2.24, 2.45) is 0 Å². The lowest BCUT2D eigenvalue weighted by Gasteiger charge is -2.14. The van der Waals surface area contributed by atoms with E-state index in [9.17, 15) is 4.79 Å². The summed E-state index contributed by atoms with van der Waals surface area (Å²) in [6.07, 6.45) is 0. The highest BCUT2D eigenvalue weighted by Crippen LogP contribution is 2.20. The van der Waals surface area contributed by atoms with Crippen molar-refractivity contribution < 1.29 is 9.32 Å². The van der Waals surface area contributed by atoms with Crippen molar-refractivity contribution in [2.75, 3.05) is 6.54 Å². The summed E-state index contributed by atoms with van der Waals surface area (Å²) in [6, 6.07) is 0.220. The van der Waals surface area contributed by atoms with Gasteiger partial charge in [0.25, 0.3) is 0 Å². The maximum absolute atomic E-state index is 11.5. The molecule has 0 saturated heterocycles. The number of amides is 1. The van der Waals surface area contributed by atoms with Crippen LogP contribution in [0.1, 0.15) is 43.8 Å². The van der Waals surface area contributed by atoms with Crippen LogP contribution in [0.2, 0.25) is 0 Å². The van der Waals surface area contributed by atoms with E-state index in [1.54, 1.807) is 0 Å². The van der Waals surface area contributed by atoms with Gasteiger partial charge in [-0.1, -0.05) is 5.16 Å². The van der Waals surface area contributed by atoms with Crippen molar-refractivity contribution >= 4 is 5.91 Å². The van der Waals surface area contributed by atoms with E-state index >= 15 is 0 Å². The molecule has 1 aromatic rings. The van der Waals surface area contributed by atoms with E-state index in [-0.39, 0.29) is 18.0 Å². The molecule has 1 unspecified atom stereocenters. The van der Waals surface area contributed by atoms with E-state index in [4.69, 9.17) is 4.52 Å². The summed E-state index contributed by atoms with van der Waals surface area (Å²) in [5.74, 6) is 0.797. The lowest BCUT2D eigenvalue weighted by Crippen LogP contribution is -2.38. The molecule has 0 aliphatic heterocycles. The molecule has 1 rings (SSSR count). The molecule has 96 valence electrons. The summed E-state index contributed by atoms with van der Waals surface area (Å²) in [7, 11) is 0. The highest BCUT2D eigenvalue weighted by Gasteiger charge is 2.16. The summed E-state index contributed by atoms with van der Waals surface area (Å²) >= 11 is 0. The Hall–Kier alpha value is -1.36. The number of rotatable bonds is 5. The van der Waals surface area contributed by atoms with Crippen LogP contribution in [0.5, 0.6) is 0 Å². The highest BCUT2D eigenvalue weighted by molar-refractivity contribution is 5.78. The predicted octanol–water partition coefficient (Wildman–Crippen LogP) is 1.47. The Kier molecular flexibility index (Phi) is 4.69. The van der Waals surface area contributed by atoms with Gasteiger partial charge in [0.15, 0.2) is 0 Å². The van der Waals surface area contributed by atoms with E-state index in [0.29, 0.717) is 6.54 Å². The van der Waals surface area contributed by atoms with Crippen LogP contribution in [0, 0.1) is 13.8 Å². The fraction of sp³-hybridized carbons (Fsp3) is 0.667. The summed E-state index contributed by atoms with van der Waals surface area (Å²) in [5.41, 5.74) is 1.90. The Balaban J connectivity index is 2.50. The number of carbonyl (C=O) groups excluding carboxylic acids is 1. The van der Waals surface area contributed by atoms with Crippen LogP contribution in [0.3, 0.4) is 0 Å². The number of nitrogens with zero attached hydrogens (tertiary/aromatic N) is 1. The molecule has 0 spiro atoms. The number of carbonyl (C=O) groups is 1. The third-order valence-electron chi connectivity index (χ3n) is 2.54. The molecule has 2 N–H and O–H groups in total. The van der Waals surface area contributed by atoms with E-state index in [1.165, 1.54) is 0 Å². The molecule has 0 aliphatic carbocycles. The van der Waals surface area contributed by atoms with Gasteiger partial charge in [0.05, 0.1) is 12.2 Å². The highest BCUT2D eigenvalue weighted by atomic mass is 16.5. The summed E-state index contributed by atoms with van der Waals surface area (Å²) in [6.45, 7) is 9.95. The van der Waals surface area contributed by atoms with Crippen LogP contribution in [0.4, 0.5) is 0 Å². The maximum Gasteiger partial charge on any atom is 0.234 e. The molecule has 1 aromatic heterocycles. The Morgan fingerprint density at radius 2 is 2.00 bits per heavy atom. The standard InChI is InChI=1S/C12H21N3O2/c1-7(2)14-11(16)6-13-8(3)12-9(4)15-17-10(12)5/h7-8,13H,6H2,1-5H3,(H,14,16). The molecular formula is C12H21N3O2. The third-order valence-corrected chi connectivity index (χ3v) is 2.54. The van der Waals surface area contributed by atoms with Gasteiger partial charge in [-0.2, -0.15) is 0 Å². The van der Waals surface area contributed by atoms with Crippen LogP contribution < -0.4 is 10.6 Å². The number of hydrogen-bond acceptors (Lipinski definition) is 4. The van der Waals surface area contributed by atoms with Crippen molar-refractivity contribution in [1.29, 1.82) is 0 Å². The van der Waals surface area contributed by atoms with Gasteiger partial charge in [0.2, 0.25) is 5.91 Å². The van der Waals surface area contributed by atoms with Gasteiger partial charge in [0.1, 0.15) is 5.76 Å². The second-order valence-corrected chi connectivity index (χ2v) is 4.56. The first kappa shape index (κ1) is 13.7. The summed E-state index contributed by atoms with van der Waals surface area (Å²) in [4.78, 5) is 11.5. The molecule has 1 heterocycles. The maximum atomic E-state index is 11.5. The molecule has 5 heteroatoms. The lowest BCUT2D eigenvalue weighted by molar-refractivity contribution is -0.120. The fourth-order valence-corrected chi connectivity index (χ4v) is 1.83. The largest absolute Gasteiger partial charge is 0.361 e. The van der Waals surface area contributed by atoms with E-state index < -0.39 is 0 Å². The number of aromatic nitrogens is 1. The zero-order chi connectivity index (χ0) is 13.0. The third kappa shape index (κ3) is 3.85. The van der Waals surface area contributed by atoms with Crippen LogP contribution in [-0.2, 0) is 4.79 Å². The molecule has 0 radical (unpaired) electrons. The number of hydrogen-bond donors (Lipinski definition) is 2. The van der Waals surface area contributed by atoms with E-state index in [2.05, 4.69) is 15.8 Å². The van der Waals surface area contributed by atoms with Gasteiger partial charge < -0.3 is 15.2 Å². The average molecular weight is 239 g/mol. The Morgan fingerprint density at radius 1 is 1.35 bits per heavy atom. The molecule has 5 nitrogen and oxygen atoms in total. The summed E-state index contributed by atoms with van der Waals surface area (Å²) in [5, 5.41) is 9.89. The zero-order valence-electron chi connectivity index (χ0n) is 11.1. The topological polar surface area (TPSA) is 67.2 Å². The van der Waals surface area contributed by atoms with Crippen LogP contribution in [0.25, 0.3) is 0 Å². The Bertz CT molecular complexity index is 366. The zero-order valence-corrected chi connectivity index (χ0v) is 11.1. The first-order valence-corrected chi connectivity index (χ1v) is 5.87. The normalized spacial score (nSPS) is 12.8.